The predicted octanol–water partition coefficient (Wildman–Crippen LogP) is 3.34. The maximum atomic E-state index is 13.3. The van der Waals surface area contributed by atoms with Crippen molar-refractivity contribution in [2.24, 2.45) is 0 Å². The Kier molecular flexibility index (Phi) is 4.96. The zero-order valence-electron chi connectivity index (χ0n) is 14.3. The highest BCUT2D eigenvalue weighted by Gasteiger charge is 2.25. The summed E-state index contributed by atoms with van der Waals surface area (Å²) in [4.78, 5) is 22.3. The second-order valence-corrected chi connectivity index (χ2v) is 7.12. The molecule has 0 unspecified atom stereocenters. The van der Waals surface area contributed by atoms with Gasteiger partial charge in [0.25, 0.3) is 5.91 Å². The van der Waals surface area contributed by atoms with Gasteiger partial charge in [-0.3, -0.25) is 4.79 Å². The highest BCUT2D eigenvalue weighted by Crippen LogP contribution is 2.31. The lowest BCUT2D eigenvalue weighted by atomic mass is 10.1. The highest BCUT2D eigenvalue weighted by atomic mass is 32.1. The first-order valence-corrected chi connectivity index (χ1v) is 9.06. The Labute approximate surface area is 145 Å². The maximum absolute atomic E-state index is 13.3. The maximum Gasteiger partial charge on any atom is 0.265 e. The molecule has 1 aromatic heterocycles. The van der Waals surface area contributed by atoms with Gasteiger partial charge < -0.3 is 9.80 Å². The molecular formula is C18H22FN3OS. The average molecular weight is 347 g/mol. The average Bonchev–Trinajstić information content (AvgIpc) is 2.95. The van der Waals surface area contributed by atoms with E-state index in [4.69, 9.17) is 0 Å². The summed E-state index contributed by atoms with van der Waals surface area (Å²) in [7, 11) is 0. The van der Waals surface area contributed by atoms with Crippen molar-refractivity contribution in [3.05, 3.63) is 40.2 Å². The van der Waals surface area contributed by atoms with Crippen LogP contribution in [0.15, 0.2) is 18.2 Å². The van der Waals surface area contributed by atoms with E-state index in [0.717, 1.165) is 54.6 Å². The fourth-order valence-corrected chi connectivity index (χ4v) is 4.11. The number of carbonyl (C=O) groups is 1. The van der Waals surface area contributed by atoms with Gasteiger partial charge >= 0.3 is 0 Å². The van der Waals surface area contributed by atoms with Crippen LogP contribution in [0.4, 0.5) is 4.39 Å². The van der Waals surface area contributed by atoms with Gasteiger partial charge in [0, 0.05) is 31.7 Å². The number of thiazole rings is 1. The number of nitrogens with zero attached hydrogens (tertiary/aromatic N) is 3. The number of aryl methyl sites for hydroxylation is 2. The third kappa shape index (κ3) is 3.35. The Morgan fingerprint density at radius 2 is 1.96 bits per heavy atom. The lowest BCUT2D eigenvalue weighted by molar-refractivity contribution is 0.0647. The molecule has 0 bridgehead atoms. The molecule has 1 saturated heterocycles. The van der Waals surface area contributed by atoms with E-state index >= 15 is 0 Å². The first kappa shape index (κ1) is 17.0. The molecule has 128 valence electrons. The number of halogens is 1. The van der Waals surface area contributed by atoms with Gasteiger partial charge in [-0.15, -0.1) is 11.3 Å². The minimum Gasteiger partial charge on any atom is -0.335 e. The molecule has 0 spiro atoms. The van der Waals surface area contributed by atoms with Crippen LogP contribution in [-0.2, 0) is 0 Å². The molecule has 6 heteroatoms. The van der Waals surface area contributed by atoms with Crippen molar-refractivity contribution in [3.8, 4) is 10.6 Å². The fraction of sp³-hybridized carbons (Fsp3) is 0.444. The smallest absolute Gasteiger partial charge is 0.265 e. The molecular weight excluding hydrogens is 325 g/mol. The standard InChI is InChI=1S/C18H22FN3OS/c1-4-21-7-9-22(10-8-21)18(23)16-13(3)20-17(24-16)15-6-5-14(19)11-12(15)2/h5-6,11H,4,7-10H2,1-3H3. The molecule has 2 aromatic rings. The molecule has 0 aliphatic carbocycles. The molecule has 1 amide bonds. The van der Waals surface area contributed by atoms with Gasteiger partial charge in [0.15, 0.2) is 0 Å². The zero-order valence-corrected chi connectivity index (χ0v) is 15.1. The summed E-state index contributed by atoms with van der Waals surface area (Å²) in [6.07, 6.45) is 0. The van der Waals surface area contributed by atoms with Crippen LogP contribution < -0.4 is 0 Å². The van der Waals surface area contributed by atoms with Crippen molar-refractivity contribution < 1.29 is 9.18 Å². The van der Waals surface area contributed by atoms with Crippen molar-refractivity contribution >= 4 is 17.2 Å². The largest absolute Gasteiger partial charge is 0.335 e. The molecule has 4 nitrogen and oxygen atoms in total. The van der Waals surface area contributed by atoms with Crippen LogP contribution in [0.1, 0.15) is 27.9 Å². The summed E-state index contributed by atoms with van der Waals surface area (Å²) < 4.78 is 13.3. The van der Waals surface area contributed by atoms with Gasteiger partial charge in [-0.25, -0.2) is 9.37 Å². The van der Waals surface area contributed by atoms with Crippen molar-refractivity contribution in [2.45, 2.75) is 20.8 Å². The second-order valence-electron chi connectivity index (χ2n) is 6.12. The van der Waals surface area contributed by atoms with Crippen LogP contribution in [0.3, 0.4) is 0 Å². The van der Waals surface area contributed by atoms with Gasteiger partial charge in [-0.1, -0.05) is 6.92 Å². The third-order valence-electron chi connectivity index (χ3n) is 4.52. The minimum atomic E-state index is -0.255. The number of aromatic nitrogens is 1. The summed E-state index contributed by atoms with van der Waals surface area (Å²) in [5.74, 6) is -0.193. The highest BCUT2D eigenvalue weighted by molar-refractivity contribution is 7.17. The monoisotopic (exact) mass is 347 g/mol. The number of carbonyl (C=O) groups excluding carboxylic acids is 1. The van der Waals surface area contributed by atoms with Crippen LogP contribution in [0, 0.1) is 19.7 Å². The number of hydrogen-bond donors (Lipinski definition) is 0. The molecule has 1 aromatic carbocycles. The Balaban J connectivity index is 1.82. The van der Waals surface area contributed by atoms with Crippen molar-refractivity contribution in [1.29, 1.82) is 0 Å². The molecule has 24 heavy (non-hydrogen) atoms. The van der Waals surface area contributed by atoms with Gasteiger partial charge in [0.05, 0.1) is 5.69 Å². The summed E-state index contributed by atoms with van der Waals surface area (Å²) in [5, 5.41) is 0.778. The quantitative estimate of drug-likeness (QED) is 0.854. The molecule has 2 heterocycles. The fourth-order valence-electron chi connectivity index (χ4n) is 2.99. The van der Waals surface area contributed by atoms with Gasteiger partial charge in [0.1, 0.15) is 15.7 Å². The van der Waals surface area contributed by atoms with Gasteiger partial charge in [0.2, 0.25) is 0 Å². The Morgan fingerprint density at radius 3 is 2.58 bits per heavy atom. The van der Waals surface area contributed by atoms with E-state index < -0.39 is 0 Å². The molecule has 0 N–H and O–H groups in total. The predicted molar refractivity (Wildman–Crippen MR) is 95.0 cm³/mol. The Bertz CT molecular complexity index is 751. The molecule has 1 fully saturated rings. The van der Waals surface area contributed by atoms with Crippen LogP contribution in [-0.4, -0.2) is 53.4 Å². The number of hydrogen-bond acceptors (Lipinski definition) is 4. The van der Waals surface area contributed by atoms with E-state index in [9.17, 15) is 9.18 Å². The SMILES string of the molecule is CCN1CCN(C(=O)c2sc(-c3ccc(F)cc3C)nc2C)CC1. The number of rotatable bonds is 3. The summed E-state index contributed by atoms with van der Waals surface area (Å²) in [6.45, 7) is 10.3. The van der Waals surface area contributed by atoms with Crippen molar-refractivity contribution in [2.75, 3.05) is 32.7 Å². The van der Waals surface area contributed by atoms with E-state index in [-0.39, 0.29) is 11.7 Å². The van der Waals surface area contributed by atoms with E-state index in [0.29, 0.717) is 4.88 Å². The lowest BCUT2D eigenvalue weighted by Crippen LogP contribution is -2.48. The number of benzene rings is 1. The molecule has 3 rings (SSSR count). The molecule has 0 saturated carbocycles. The third-order valence-corrected chi connectivity index (χ3v) is 5.70. The normalized spacial score (nSPS) is 15.8. The van der Waals surface area contributed by atoms with Crippen molar-refractivity contribution in [1.82, 2.24) is 14.8 Å². The Morgan fingerprint density at radius 1 is 1.25 bits per heavy atom. The zero-order chi connectivity index (χ0) is 17.3. The first-order valence-electron chi connectivity index (χ1n) is 8.25. The second kappa shape index (κ2) is 6.99. The van der Waals surface area contributed by atoms with Gasteiger partial charge in [-0.05, 0) is 44.2 Å². The van der Waals surface area contributed by atoms with E-state index in [1.54, 1.807) is 6.07 Å². The number of likely N-dealkylation sites (N-methyl/N-ethyl adjacent to an activating group) is 1. The molecule has 0 radical (unpaired) electrons. The van der Waals surface area contributed by atoms with Crippen LogP contribution in [0.25, 0.3) is 10.6 Å². The first-order chi connectivity index (χ1) is 11.5. The van der Waals surface area contributed by atoms with E-state index in [1.165, 1.54) is 23.5 Å². The topological polar surface area (TPSA) is 36.4 Å². The molecule has 1 aliphatic heterocycles. The lowest BCUT2D eigenvalue weighted by Gasteiger charge is -2.33. The van der Waals surface area contributed by atoms with E-state index in [2.05, 4.69) is 16.8 Å². The van der Waals surface area contributed by atoms with E-state index in [1.807, 2.05) is 18.7 Å². The molecule has 0 atom stereocenters. The van der Waals surface area contributed by atoms with Crippen LogP contribution >= 0.6 is 11.3 Å². The Hall–Kier alpha value is -1.79. The van der Waals surface area contributed by atoms with Crippen LogP contribution in [0.2, 0.25) is 0 Å². The van der Waals surface area contributed by atoms with Crippen molar-refractivity contribution in [3.63, 3.8) is 0 Å². The summed E-state index contributed by atoms with van der Waals surface area (Å²) >= 11 is 1.40. The minimum absolute atomic E-state index is 0.0618. The summed E-state index contributed by atoms with van der Waals surface area (Å²) in [5.41, 5.74) is 2.47. The van der Waals surface area contributed by atoms with Crippen LogP contribution in [0.5, 0.6) is 0 Å². The molecule has 1 aliphatic rings. The number of piperazine rings is 1. The van der Waals surface area contributed by atoms with Gasteiger partial charge in [-0.2, -0.15) is 0 Å². The number of amides is 1. The summed E-state index contributed by atoms with van der Waals surface area (Å²) in [6, 6.07) is 4.67.